The smallest absolute Gasteiger partial charge is 0.331 e. The second-order valence-electron chi connectivity index (χ2n) is 9.12. The number of hydrogen-bond donors (Lipinski definition) is 2. The number of methoxy groups -OCH3 is 1. The normalized spacial score (nSPS) is 22.1. The highest BCUT2D eigenvalue weighted by molar-refractivity contribution is 6.05. The van der Waals surface area contributed by atoms with Crippen LogP contribution in [-0.4, -0.2) is 83.8 Å². The number of amides is 3. The summed E-state index contributed by atoms with van der Waals surface area (Å²) in [5.74, 6) is -0.187. The average molecular weight is 491 g/mol. The van der Waals surface area contributed by atoms with Crippen molar-refractivity contribution < 1.29 is 14.3 Å². The van der Waals surface area contributed by atoms with E-state index in [9.17, 15) is 9.59 Å². The molecule has 0 radical (unpaired) electrons. The third-order valence-corrected chi connectivity index (χ3v) is 6.71. The molecule has 2 aliphatic heterocycles. The summed E-state index contributed by atoms with van der Waals surface area (Å²) < 4.78 is 5.59. The molecule has 2 fully saturated rings. The van der Waals surface area contributed by atoms with Gasteiger partial charge in [0.05, 0.1) is 23.2 Å². The Balaban J connectivity index is 1.31. The molecule has 0 bridgehead atoms. The Labute approximate surface area is 209 Å². The van der Waals surface area contributed by atoms with Gasteiger partial charge in [-0.1, -0.05) is 12.2 Å². The number of piperazine rings is 1. The number of ether oxygens (including phenoxy) is 1. The number of aromatic nitrogens is 3. The van der Waals surface area contributed by atoms with Crippen molar-refractivity contribution in [3.05, 3.63) is 60.3 Å². The van der Waals surface area contributed by atoms with Gasteiger partial charge in [-0.25, -0.2) is 14.8 Å². The molecule has 5 rings (SSSR count). The molecule has 188 valence electrons. The highest BCUT2D eigenvalue weighted by Crippen LogP contribution is 2.31. The monoisotopic (exact) mass is 490 g/mol. The van der Waals surface area contributed by atoms with Crippen molar-refractivity contribution in [2.75, 3.05) is 61.5 Å². The van der Waals surface area contributed by atoms with Gasteiger partial charge in [-0.05, 0) is 25.1 Å². The molecule has 0 saturated carbocycles. The molecular weight excluding hydrogens is 460 g/mol. The molecule has 11 nitrogen and oxygen atoms in total. The number of hydrogen-bond acceptors (Lipinski definition) is 8. The van der Waals surface area contributed by atoms with Crippen molar-refractivity contribution in [2.45, 2.75) is 18.9 Å². The lowest BCUT2D eigenvalue weighted by molar-refractivity contribution is 0.0436. The quantitative estimate of drug-likeness (QED) is 0.632. The summed E-state index contributed by atoms with van der Waals surface area (Å²) >= 11 is 0. The second kappa shape index (κ2) is 10.0. The third kappa shape index (κ3) is 4.79. The van der Waals surface area contributed by atoms with E-state index in [1.54, 1.807) is 24.4 Å². The van der Waals surface area contributed by atoms with E-state index in [1.807, 2.05) is 31.2 Å². The van der Waals surface area contributed by atoms with Gasteiger partial charge in [0, 0.05) is 70.9 Å². The molecule has 0 spiro atoms. The molecule has 0 aromatic carbocycles. The molecule has 3 amide bonds. The van der Waals surface area contributed by atoms with E-state index in [1.165, 1.54) is 17.2 Å². The lowest BCUT2D eigenvalue weighted by Gasteiger charge is -2.31. The Bertz CT molecular complexity index is 1210. The first-order valence-corrected chi connectivity index (χ1v) is 12.0. The van der Waals surface area contributed by atoms with Gasteiger partial charge in [0.15, 0.2) is 0 Å². The van der Waals surface area contributed by atoms with Gasteiger partial charge in [0.2, 0.25) is 5.95 Å². The van der Waals surface area contributed by atoms with E-state index in [0.717, 1.165) is 37.6 Å². The summed E-state index contributed by atoms with van der Waals surface area (Å²) in [6.45, 7) is 6.34. The van der Waals surface area contributed by atoms with Gasteiger partial charge in [0.25, 0.3) is 5.91 Å². The van der Waals surface area contributed by atoms with Crippen molar-refractivity contribution in [1.82, 2.24) is 25.2 Å². The number of nitrogens with zero attached hydrogens (tertiary/aromatic N) is 6. The number of pyridine rings is 1. The topological polar surface area (TPSA) is 116 Å². The molecule has 2 aromatic heterocycles. The molecule has 36 heavy (non-hydrogen) atoms. The predicted octanol–water partition coefficient (Wildman–Crippen LogP) is 2.02. The highest BCUT2D eigenvalue weighted by Gasteiger charge is 2.36. The van der Waals surface area contributed by atoms with Crippen molar-refractivity contribution in [2.24, 2.45) is 0 Å². The number of urea groups is 1. The fraction of sp³-hybridized carbons (Fsp3) is 0.400. The van der Waals surface area contributed by atoms with Crippen LogP contribution in [0.15, 0.2) is 54.6 Å². The van der Waals surface area contributed by atoms with E-state index in [0.29, 0.717) is 25.2 Å². The number of carbonyl (C=O) groups is 2. The summed E-state index contributed by atoms with van der Waals surface area (Å²) in [7, 11) is 1.66. The second-order valence-corrected chi connectivity index (χ2v) is 9.12. The zero-order valence-electron chi connectivity index (χ0n) is 20.5. The summed E-state index contributed by atoms with van der Waals surface area (Å²) in [5.41, 5.74) is 2.12. The van der Waals surface area contributed by atoms with Crippen LogP contribution in [0.5, 0.6) is 0 Å². The maximum absolute atomic E-state index is 13.2. The van der Waals surface area contributed by atoms with E-state index in [4.69, 9.17) is 4.74 Å². The van der Waals surface area contributed by atoms with Crippen LogP contribution in [0.1, 0.15) is 23.8 Å². The summed E-state index contributed by atoms with van der Waals surface area (Å²) in [4.78, 5) is 44.7. The standard InChI is InChI=1S/C25H30N8O3/c1-25(36-2)7-3-4-18(16-25)32-14-15-33(24(32)35)23-28-9-5-19(30-23)22(34)29-20-17-27-8-6-21(20)31-12-10-26-11-13-31/h3-9,17,26H,10-16H2,1-2H3,(H,29,34). The van der Waals surface area contributed by atoms with Crippen LogP contribution in [0.4, 0.5) is 22.1 Å². The Hall–Kier alpha value is -3.83. The van der Waals surface area contributed by atoms with Crippen molar-refractivity contribution in [3.8, 4) is 0 Å². The minimum atomic E-state index is -0.456. The van der Waals surface area contributed by atoms with Crippen LogP contribution in [-0.2, 0) is 4.74 Å². The first-order chi connectivity index (χ1) is 17.5. The molecular formula is C25H30N8O3. The molecule has 2 N–H and O–H groups in total. The lowest BCUT2D eigenvalue weighted by atomic mass is 9.94. The highest BCUT2D eigenvalue weighted by atomic mass is 16.5. The van der Waals surface area contributed by atoms with Gasteiger partial charge in [-0.2, -0.15) is 0 Å². The zero-order valence-corrected chi connectivity index (χ0v) is 20.5. The average Bonchev–Trinajstić information content (AvgIpc) is 3.31. The zero-order chi connectivity index (χ0) is 25.1. The lowest BCUT2D eigenvalue weighted by Crippen LogP contribution is -2.43. The summed E-state index contributed by atoms with van der Waals surface area (Å²) in [5, 5.41) is 6.26. The van der Waals surface area contributed by atoms with Crippen LogP contribution in [0.3, 0.4) is 0 Å². The van der Waals surface area contributed by atoms with Gasteiger partial charge in [-0.3, -0.25) is 19.6 Å². The maximum Gasteiger partial charge on any atom is 0.331 e. The predicted molar refractivity (Wildman–Crippen MR) is 136 cm³/mol. The molecule has 11 heteroatoms. The fourth-order valence-electron chi connectivity index (χ4n) is 4.61. The van der Waals surface area contributed by atoms with Crippen molar-refractivity contribution in [3.63, 3.8) is 0 Å². The van der Waals surface area contributed by atoms with Crippen molar-refractivity contribution >= 4 is 29.3 Å². The van der Waals surface area contributed by atoms with Gasteiger partial charge < -0.3 is 20.3 Å². The first kappa shape index (κ1) is 23.9. The van der Waals surface area contributed by atoms with E-state index in [-0.39, 0.29) is 23.6 Å². The minimum absolute atomic E-state index is 0.174. The summed E-state index contributed by atoms with van der Waals surface area (Å²) in [6.07, 6.45) is 11.3. The van der Waals surface area contributed by atoms with E-state index in [2.05, 4.69) is 30.5 Å². The molecule has 2 aromatic rings. The number of carbonyl (C=O) groups excluding carboxylic acids is 2. The number of allylic oxidation sites excluding steroid dienone is 2. The van der Waals surface area contributed by atoms with Gasteiger partial charge in [-0.15, -0.1) is 0 Å². The van der Waals surface area contributed by atoms with Gasteiger partial charge in [0.1, 0.15) is 5.69 Å². The molecule has 2 saturated heterocycles. The van der Waals surface area contributed by atoms with Crippen LogP contribution < -0.4 is 20.4 Å². The number of anilines is 3. The number of rotatable bonds is 6. The summed E-state index contributed by atoms with van der Waals surface area (Å²) in [6, 6.07) is 3.21. The molecule has 4 heterocycles. The maximum atomic E-state index is 13.2. The Morgan fingerprint density at radius 3 is 2.75 bits per heavy atom. The Morgan fingerprint density at radius 1 is 1.14 bits per heavy atom. The van der Waals surface area contributed by atoms with Crippen molar-refractivity contribution in [1.29, 1.82) is 0 Å². The molecule has 1 atom stereocenters. The first-order valence-electron chi connectivity index (χ1n) is 12.0. The molecule has 1 unspecified atom stereocenters. The van der Waals surface area contributed by atoms with E-state index < -0.39 is 5.60 Å². The van der Waals surface area contributed by atoms with Crippen LogP contribution in [0.25, 0.3) is 0 Å². The molecule has 1 aliphatic carbocycles. The largest absolute Gasteiger partial charge is 0.374 e. The third-order valence-electron chi connectivity index (χ3n) is 6.71. The van der Waals surface area contributed by atoms with Crippen LogP contribution in [0, 0.1) is 0 Å². The SMILES string of the molecule is COC1(C)C=CC=C(N2CCN(c3nccc(C(=O)Nc4cnccc4N4CCNCC4)n3)C2=O)C1. The molecule has 3 aliphatic rings. The van der Waals surface area contributed by atoms with Crippen LogP contribution >= 0.6 is 0 Å². The Morgan fingerprint density at radius 2 is 1.94 bits per heavy atom. The fourth-order valence-corrected chi connectivity index (χ4v) is 4.61. The number of nitrogens with one attached hydrogen (secondary N) is 2. The van der Waals surface area contributed by atoms with Gasteiger partial charge >= 0.3 is 6.03 Å². The van der Waals surface area contributed by atoms with E-state index >= 15 is 0 Å². The Kier molecular flexibility index (Phi) is 6.66. The minimum Gasteiger partial charge on any atom is -0.374 e. The van der Waals surface area contributed by atoms with Crippen LogP contribution in [0.2, 0.25) is 0 Å².